The van der Waals surface area contributed by atoms with Gasteiger partial charge in [0.25, 0.3) is 0 Å². The molecule has 0 radical (unpaired) electrons. The fourth-order valence-electron chi connectivity index (χ4n) is 3.01. The molecule has 6 heteroatoms. The molecule has 1 aromatic carbocycles. The number of carboxylic acid groups (broad SMARTS) is 1. The Hall–Kier alpha value is -2.37. The SMILES string of the molecule is CC(C)(C)C(=O)NCC1CCCN(C(=O)Cc2ccc(C(=O)O)cc2)C1. The molecule has 2 amide bonds. The number of likely N-dealkylation sites (tertiary alicyclic amines) is 1. The van der Waals surface area contributed by atoms with E-state index in [1.165, 1.54) is 12.1 Å². The zero-order valence-corrected chi connectivity index (χ0v) is 15.7. The molecule has 1 aromatic rings. The van der Waals surface area contributed by atoms with Crippen LogP contribution in [0.3, 0.4) is 0 Å². The summed E-state index contributed by atoms with van der Waals surface area (Å²) in [5, 5.41) is 11.9. The van der Waals surface area contributed by atoms with Crippen LogP contribution in [0.4, 0.5) is 0 Å². The standard InChI is InChI=1S/C20H28N2O4/c1-20(2,3)19(26)21-12-15-5-4-10-22(13-15)17(23)11-14-6-8-16(9-7-14)18(24)25/h6-9,15H,4-5,10-13H2,1-3H3,(H,21,26)(H,24,25). The van der Waals surface area contributed by atoms with E-state index in [9.17, 15) is 14.4 Å². The van der Waals surface area contributed by atoms with Crippen molar-refractivity contribution in [2.45, 2.75) is 40.0 Å². The Bertz CT molecular complexity index is 661. The first-order valence-corrected chi connectivity index (χ1v) is 9.05. The van der Waals surface area contributed by atoms with Crippen LogP contribution in [0.5, 0.6) is 0 Å². The van der Waals surface area contributed by atoms with Crippen molar-refractivity contribution in [2.24, 2.45) is 11.3 Å². The minimum Gasteiger partial charge on any atom is -0.478 e. The van der Waals surface area contributed by atoms with E-state index in [1.54, 1.807) is 12.1 Å². The van der Waals surface area contributed by atoms with Crippen molar-refractivity contribution in [2.75, 3.05) is 19.6 Å². The predicted molar refractivity (Wildman–Crippen MR) is 98.9 cm³/mol. The number of rotatable bonds is 5. The molecule has 1 saturated heterocycles. The number of amides is 2. The Morgan fingerprint density at radius 1 is 1.19 bits per heavy atom. The number of piperidine rings is 1. The Morgan fingerprint density at radius 3 is 2.42 bits per heavy atom. The fraction of sp³-hybridized carbons (Fsp3) is 0.550. The van der Waals surface area contributed by atoms with Crippen molar-refractivity contribution in [1.29, 1.82) is 0 Å². The maximum atomic E-state index is 12.6. The summed E-state index contributed by atoms with van der Waals surface area (Å²) >= 11 is 0. The molecule has 1 heterocycles. The second-order valence-corrected chi connectivity index (χ2v) is 7.99. The average Bonchev–Trinajstić information content (AvgIpc) is 2.59. The zero-order chi connectivity index (χ0) is 19.3. The van der Waals surface area contributed by atoms with Crippen molar-refractivity contribution < 1.29 is 19.5 Å². The molecule has 0 aromatic heterocycles. The number of nitrogens with zero attached hydrogens (tertiary/aromatic N) is 1. The molecule has 1 aliphatic rings. The second-order valence-electron chi connectivity index (χ2n) is 7.99. The molecular weight excluding hydrogens is 332 g/mol. The first-order chi connectivity index (χ1) is 12.2. The van der Waals surface area contributed by atoms with E-state index >= 15 is 0 Å². The monoisotopic (exact) mass is 360 g/mol. The summed E-state index contributed by atoms with van der Waals surface area (Å²) in [6.07, 6.45) is 2.20. The van der Waals surface area contributed by atoms with Gasteiger partial charge in [0.15, 0.2) is 0 Å². The Balaban J connectivity index is 1.87. The second kappa shape index (κ2) is 8.34. The normalized spacial score (nSPS) is 17.7. The van der Waals surface area contributed by atoms with Gasteiger partial charge in [0.1, 0.15) is 0 Å². The lowest BCUT2D eigenvalue weighted by Crippen LogP contribution is -2.45. The summed E-state index contributed by atoms with van der Waals surface area (Å²) in [7, 11) is 0. The molecule has 2 N–H and O–H groups in total. The highest BCUT2D eigenvalue weighted by molar-refractivity contribution is 5.87. The van der Waals surface area contributed by atoms with Gasteiger partial charge in [0, 0.05) is 25.0 Å². The van der Waals surface area contributed by atoms with Crippen LogP contribution in [-0.4, -0.2) is 47.4 Å². The van der Waals surface area contributed by atoms with E-state index in [-0.39, 0.29) is 29.7 Å². The minimum absolute atomic E-state index is 0.0273. The van der Waals surface area contributed by atoms with Gasteiger partial charge >= 0.3 is 5.97 Å². The number of carbonyl (C=O) groups excluding carboxylic acids is 2. The van der Waals surface area contributed by atoms with Crippen LogP contribution >= 0.6 is 0 Å². The summed E-state index contributed by atoms with van der Waals surface area (Å²) in [4.78, 5) is 37.3. The lowest BCUT2D eigenvalue weighted by Gasteiger charge is -2.33. The largest absolute Gasteiger partial charge is 0.478 e. The molecular formula is C20H28N2O4. The van der Waals surface area contributed by atoms with Crippen molar-refractivity contribution in [3.05, 3.63) is 35.4 Å². The van der Waals surface area contributed by atoms with Gasteiger partial charge in [-0.05, 0) is 36.5 Å². The summed E-state index contributed by atoms with van der Waals surface area (Å²) in [5.74, 6) is -0.633. The molecule has 1 fully saturated rings. The summed E-state index contributed by atoms with van der Waals surface area (Å²) in [6.45, 7) is 7.62. The molecule has 1 unspecified atom stereocenters. The zero-order valence-electron chi connectivity index (χ0n) is 15.7. The lowest BCUT2D eigenvalue weighted by molar-refractivity contribution is -0.132. The van der Waals surface area contributed by atoms with Crippen molar-refractivity contribution in [3.63, 3.8) is 0 Å². The molecule has 0 aliphatic carbocycles. The number of hydrogen-bond donors (Lipinski definition) is 2. The minimum atomic E-state index is -0.973. The van der Waals surface area contributed by atoms with E-state index < -0.39 is 11.4 Å². The van der Waals surface area contributed by atoms with Gasteiger partial charge in [0.2, 0.25) is 11.8 Å². The number of aromatic carboxylic acids is 1. The van der Waals surface area contributed by atoms with Gasteiger partial charge in [-0.2, -0.15) is 0 Å². The van der Waals surface area contributed by atoms with Gasteiger partial charge < -0.3 is 15.3 Å². The molecule has 0 bridgehead atoms. The first kappa shape index (κ1) is 19.9. The average molecular weight is 360 g/mol. The van der Waals surface area contributed by atoms with Crippen LogP contribution in [0.15, 0.2) is 24.3 Å². The summed E-state index contributed by atoms with van der Waals surface area (Å²) < 4.78 is 0. The van der Waals surface area contributed by atoms with E-state index in [0.717, 1.165) is 24.9 Å². The van der Waals surface area contributed by atoms with Gasteiger partial charge in [-0.15, -0.1) is 0 Å². The van der Waals surface area contributed by atoms with Crippen molar-refractivity contribution in [1.82, 2.24) is 10.2 Å². The molecule has 0 saturated carbocycles. The van der Waals surface area contributed by atoms with Gasteiger partial charge in [0.05, 0.1) is 12.0 Å². The molecule has 142 valence electrons. The molecule has 26 heavy (non-hydrogen) atoms. The number of carbonyl (C=O) groups is 3. The Kier molecular flexibility index (Phi) is 6.40. The highest BCUT2D eigenvalue weighted by Crippen LogP contribution is 2.18. The maximum absolute atomic E-state index is 12.6. The summed E-state index contributed by atoms with van der Waals surface area (Å²) in [6, 6.07) is 6.41. The van der Waals surface area contributed by atoms with Crippen LogP contribution in [0.2, 0.25) is 0 Å². The van der Waals surface area contributed by atoms with Crippen LogP contribution in [0.25, 0.3) is 0 Å². The van der Waals surface area contributed by atoms with Gasteiger partial charge in [-0.25, -0.2) is 4.79 Å². The van der Waals surface area contributed by atoms with Crippen LogP contribution in [0, 0.1) is 11.3 Å². The van der Waals surface area contributed by atoms with Crippen LogP contribution in [0.1, 0.15) is 49.5 Å². The molecule has 6 nitrogen and oxygen atoms in total. The first-order valence-electron chi connectivity index (χ1n) is 9.05. The van der Waals surface area contributed by atoms with E-state index in [1.807, 2.05) is 25.7 Å². The van der Waals surface area contributed by atoms with Gasteiger partial charge in [-0.3, -0.25) is 9.59 Å². The quantitative estimate of drug-likeness (QED) is 0.844. The van der Waals surface area contributed by atoms with Crippen molar-refractivity contribution in [3.8, 4) is 0 Å². The number of nitrogens with one attached hydrogen (secondary N) is 1. The number of carboxylic acids is 1. The fourth-order valence-corrected chi connectivity index (χ4v) is 3.01. The van der Waals surface area contributed by atoms with Crippen LogP contribution in [-0.2, 0) is 16.0 Å². The molecule has 0 spiro atoms. The molecule has 2 rings (SSSR count). The lowest BCUT2D eigenvalue weighted by atomic mass is 9.94. The Labute approximate surface area is 154 Å². The third kappa shape index (κ3) is 5.58. The number of hydrogen-bond acceptors (Lipinski definition) is 3. The highest BCUT2D eigenvalue weighted by atomic mass is 16.4. The van der Waals surface area contributed by atoms with Gasteiger partial charge in [-0.1, -0.05) is 32.9 Å². The third-order valence-electron chi connectivity index (χ3n) is 4.66. The maximum Gasteiger partial charge on any atom is 0.335 e. The van der Waals surface area contributed by atoms with Crippen molar-refractivity contribution >= 4 is 17.8 Å². The Morgan fingerprint density at radius 2 is 1.85 bits per heavy atom. The number of benzene rings is 1. The smallest absolute Gasteiger partial charge is 0.335 e. The highest BCUT2D eigenvalue weighted by Gasteiger charge is 2.26. The topological polar surface area (TPSA) is 86.7 Å². The van der Waals surface area contributed by atoms with E-state index in [0.29, 0.717) is 13.1 Å². The summed E-state index contributed by atoms with van der Waals surface area (Å²) in [5.41, 5.74) is 0.615. The van der Waals surface area contributed by atoms with Crippen LogP contribution < -0.4 is 5.32 Å². The predicted octanol–water partition coefficient (Wildman–Crippen LogP) is 2.33. The third-order valence-corrected chi connectivity index (χ3v) is 4.66. The molecule has 1 atom stereocenters. The molecule has 1 aliphatic heterocycles. The van der Waals surface area contributed by atoms with E-state index in [4.69, 9.17) is 5.11 Å². The van der Waals surface area contributed by atoms with E-state index in [2.05, 4.69) is 5.32 Å².